The van der Waals surface area contributed by atoms with E-state index in [0.717, 1.165) is 24.9 Å². The molecule has 2 aliphatic rings. The predicted molar refractivity (Wildman–Crippen MR) is 57.2 cm³/mol. The van der Waals surface area contributed by atoms with Gasteiger partial charge in [-0.25, -0.2) is 0 Å². The van der Waals surface area contributed by atoms with Gasteiger partial charge in [-0.15, -0.1) is 0 Å². The molecule has 2 rings (SSSR count). The Kier molecular flexibility index (Phi) is 3.22. The molecule has 0 aromatic carbocycles. The Morgan fingerprint density at radius 1 is 1.29 bits per heavy atom. The number of nitrogens with zero attached hydrogens (tertiary/aromatic N) is 1. The molecule has 1 saturated carbocycles. The average molecular weight is 195 g/mol. The number of ketones is 1. The zero-order valence-corrected chi connectivity index (χ0v) is 9.17. The SMILES string of the molecule is CC(=O)CCN1CC[C@@H]2CCCC[C@@H]21. The summed E-state index contributed by atoms with van der Waals surface area (Å²) in [5.74, 6) is 1.29. The number of carbonyl (C=O) groups excluding carboxylic acids is 1. The van der Waals surface area contributed by atoms with Crippen LogP contribution in [0.1, 0.15) is 45.4 Å². The van der Waals surface area contributed by atoms with Crippen molar-refractivity contribution in [2.24, 2.45) is 5.92 Å². The molecule has 80 valence electrons. The summed E-state index contributed by atoms with van der Waals surface area (Å²) < 4.78 is 0. The molecule has 0 bridgehead atoms. The van der Waals surface area contributed by atoms with Gasteiger partial charge in [-0.3, -0.25) is 9.69 Å². The number of hydrogen-bond acceptors (Lipinski definition) is 2. The Hall–Kier alpha value is -0.370. The maximum absolute atomic E-state index is 10.9. The molecule has 0 aromatic rings. The van der Waals surface area contributed by atoms with E-state index in [4.69, 9.17) is 0 Å². The third kappa shape index (κ3) is 2.17. The lowest BCUT2D eigenvalue weighted by molar-refractivity contribution is -0.117. The molecule has 0 aromatic heterocycles. The maximum atomic E-state index is 10.9. The smallest absolute Gasteiger partial charge is 0.131 e. The van der Waals surface area contributed by atoms with E-state index in [1.807, 2.05) is 0 Å². The molecule has 0 N–H and O–H groups in total. The van der Waals surface area contributed by atoms with Gasteiger partial charge in [0.05, 0.1) is 0 Å². The maximum Gasteiger partial charge on any atom is 0.131 e. The highest BCUT2D eigenvalue weighted by atomic mass is 16.1. The van der Waals surface area contributed by atoms with E-state index < -0.39 is 0 Å². The van der Waals surface area contributed by atoms with Crippen LogP contribution in [-0.4, -0.2) is 29.8 Å². The van der Waals surface area contributed by atoms with Crippen LogP contribution in [0.3, 0.4) is 0 Å². The molecular formula is C12H21NO. The number of rotatable bonds is 3. The number of carbonyl (C=O) groups is 1. The third-order valence-electron chi connectivity index (χ3n) is 3.88. The van der Waals surface area contributed by atoms with Crippen molar-refractivity contribution < 1.29 is 4.79 Å². The highest BCUT2D eigenvalue weighted by molar-refractivity contribution is 5.75. The number of fused-ring (bicyclic) bond motifs is 1. The summed E-state index contributed by atoms with van der Waals surface area (Å²) in [6.07, 6.45) is 7.77. The van der Waals surface area contributed by atoms with Gasteiger partial charge < -0.3 is 0 Å². The minimum Gasteiger partial charge on any atom is -0.300 e. The summed E-state index contributed by atoms with van der Waals surface area (Å²) in [5, 5.41) is 0. The van der Waals surface area contributed by atoms with Crippen LogP contribution in [0.25, 0.3) is 0 Å². The van der Waals surface area contributed by atoms with Crippen molar-refractivity contribution in [3.8, 4) is 0 Å². The lowest BCUT2D eigenvalue weighted by Gasteiger charge is -2.31. The van der Waals surface area contributed by atoms with Gasteiger partial charge in [0.1, 0.15) is 5.78 Å². The van der Waals surface area contributed by atoms with Crippen LogP contribution in [0, 0.1) is 5.92 Å². The first-order chi connectivity index (χ1) is 6.77. The topological polar surface area (TPSA) is 20.3 Å². The second-order valence-corrected chi connectivity index (χ2v) is 4.89. The molecule has 0 spiro atoms. The average Bonchev–Trinajstić information content (AvgIpc) is 2.58. The van der Waals surface area contributed by atoms with E-state index >= 15 is 0 Å². The molecule has 1 heterocycles. The second kappa shape index (κ2) is 4.43. The molecule has 0 radical (unpaired) electrons. The molecule has 2 atom stereocenters. The Bertz CT molecular complexity index is 214. The summed E-state index contributed by atoms with van der Waals surface area (Å²) >= 11 is 0. The molecule has 1 aliphatic carbocycles. The minimum atomic E-state index is 0.337. The number of Topliss-reactive ketones (excluding diaryl/α,β-unsaturated/α-hetero) is 1. The van der Waals surface area contributed by atoms with E-state index in [0.29, 0.717) is 5.78 Å². The summed E-state index contributed by atoms with van der Waals surface area (Å²) in [6.45, 7) is 3.95. The molecule has 14 heavy (non-hydrogen) atoms. The van der Waals surface area contributed by atoms with Gasteiger partial charge in [-0.05, 0) is 38.6 Å². The summed E-state index contributed by atoms with van der Waals surface area (Å²) in [6, 6.07) is 0.822. The van der Waals surface area contributed by atoms with Gasteiger partial charge in [0, 0.05) is 19.0 Å². The Balaban J connectivity index is 1.84. The van der Waals surface area contributed by atoms with Gasteiger partial charge in [-0.2, -0.15) is 0 Å². The van der Waals surface area contributed by atoms with Crippen molar-refractivity contribution in [3.63, 3.8) is 0 Å². The number of likely N-dealkylation sites (tertiary alicyclic amines) is 1. The van der Waals surface area contributed by atoms with Gasteiger partial charge in [-0.1, -0.05) is 12.8 Å². The monoisotopic (exact) mass is 195 g/mol. The van der Waals surface area contributed by atoms with Crippen LogP contribution >= 0.6 is 0 Å². The summed E-state index contributed by atoms with van der Waals surface area (Å²) in [7, 11) is 0. The molecule has 2 fully saturated rings. The van der Waals surface area contributed by atoms with Crippen molar-refractivity contribution in [1.82, 2.24) is 4.90 Å². The zero-order chi connectivity index (χ0) is 9.97. The minimum absolute atomic E-state index is 0.337. The molecule has 0 amide bonds. The fourth-order valence-electron chi connectivity index (χ4n) is 3.08. The normalized spacial score (nSPS) is 32.9. The fraction of sp³-hybridized carbons (Fsp3) is 0.917. The first-order valence-electron chi connectivity index (χ1n) is 6.01. The van der Waals surface area contributed by atoms with Crippen molar-refractivity contribution in [1.29, 1.82) is 0 Å². The molecule has 1 aliphatic heterocycles. The van der Waals surface area contributed by atoms with Gasteiger partial charge in [0.25, 0.3) is 0 Å². The highest BCUT2D eigenvalue weighted by Gasteiger charge is 2.34. The van der Waals surface area contributed by atoms with Crippen LogP contribution in [0.4, 0.5) is 0 Å². The van der Waals surface area contributed by atoms with Crippen LogP contribution in [0.5, 0.6) is 0 Å². The van der Waals surface area contributed by atoms with E-state index in [-0.39, 0.29) is 0 Å². The molecule has 2 nitrogen and oxygen atoms in total. The quantitative estimate of drug-likeness (QED) is 0.688. The van der Waals surface area contributed by atoms with Crippen molar-refractivity contribution in [3.05, 3.63) is 0 Å². The van der Waals surface area contributed by atoms with E-state index in [1.165, 1.54) is 38.6 Å². The Morgan fingerprint density at radius 3 is 2.86 bits per heavy atom. The highest BCUT2D eigenvalue weighted by Crippen LogP contribution is 2.35. The fourth-order valence-corrected chi connectivity index (χ4v) is 3.08. The van der Waals surface area contributed by atoms with E-state index in [1.54, 1.807) is 6.92 Å². The lowest BCUT2D eigenvalue weighted by Crippen LogP contribution is -2.35. The Morgan fingerprint density at radius 2 is 2.07 bits per heavy atom. The first kappa shape index (κ1) is 10.2. The zero-order valence-electron chi connectivity index (χ0n) is 9.17. The lowest BCUT2D eigenvalue weighted by atomic mass is 9.85. The largest absolute Gasteiger partial charge is 0.300 e. The molecule has 1 saturated heterocycles. The van der Waals surface area contributed by atoms with Crippen molar-refractivity contribution >= 4 is 5.78 Å². The molecular weight excluding hydrogens is 174 g/mol. The second-order valence-electron chi connectivity index (χ2n) is 4.89. The van der Waals surface area contributed by atoms with Crippen LogP contribution < -0.4 is 0 Å². The van der Waals surface area contributed by atoms with Gasteiger partial charge in [0.2, 0.25) is 0 Å². The summed E-state index contributed by atoms with van der Waals surface area (Å²) in [4.78, 5) is 13.5. The predicted octanol–water partition coefficient (Wildman–Crippen LogP) is 2.23. The summed E-state index contributed by atoms with van der Waals surface area (Å²) in [5.41, 5.74) is 0. The standard InChI is InChI=1S/C12H21NO/c1-10(14)6-8-13-9-7-11-4-2-3-5-12(11)13/h11-12H,2-9H2,1H3/t11-,12-/m0/s1. The van der Waals surface area contributed by atoms with Crippen molar-refractivity contribution in [2.45, 2.75) is 51.5 Å². The van der Waals surface area contributed by atoms with Crippen molar-refractivity contribution in [2.75, 3.05) is 13.1 Å². The van der Waals surface area contributed by atoms with E-state index in [2.05, 4.69) is 4.90 Å². The molecule has 0 unspecified atom stereocenters. The molecule has 2 heteroatoms. The van der Waals surface area contributed by atoms with E-state index in [9.17, 15) is 4.79 Å². The van der Waals surface area contributed by atoms with Crippen LogP contribution in [0.2, 0.25) is 0 Å². The third-order valence-corrected chi connectivity index (χ3v) is 3.88. The first-order valence-corrected chi connectivity index (χ1v) is 6.01. The van der Waals surface area contributed by atoms with Gasteiger partial charge in [0.15, 0.2) is 0 Å². The van der Waals surface area contributed by atoms with Gasteiger partial charge >= 0.3 is 0 Å². The van der Waals surface area contributed by atoms with Crippen LogP contribution in [-0.2, 0) is 4.79 Å². The number of hydrogen-bond donors (Lipinski definition) is 0. The van der Waals surface area contributed by atoms with Crippen LogP contribution in [0.15, 0.2) is 0 Å². The Labute approximate surface area is 86.7 Å².